The van der Waals surface area contributed by atoms with Gasteiger partial charge in [-0.05, 0) is 18.2 Å². The molecule has 0 fully saturated rings. The quantitative estimate of drug-likeness (QED) is 0.566. The smallest absolute Gasteiger partial charge is 0.289 e. The highest BCUT2D eigenvalue weighted by Crippen LogP contribution is 2.17. The largest absolute Gasteiger partial charge is 0.494 e. The first-order valence-corrected chi connectivity index (χ1v) is 3.74. The lowest BCUT2D eigenvalue weighted by atomic mass is 10.1. The summed E-state index contributed by atoms with van der Waals surface area (Å²) in [6.45, 7) is 0. The van der Waals surface area contributed by atoms with E-state index in [2.05, 4.69) is 4.74 Å². The van der Waals surface area contributed by atoms with E-state index in [0.29, 0.717) is 0 Å². The van der Waals surface area contributed by atoms with Crippen LogP contribution in [-0.4, -0.2) is 18.8 Å². The average molecular weight is 197 g/mol. The first-order chi connectivity index (χ1) is 6.56. The van der Waals surface area contributed by atoms with Gasteiger partial charge in [0, 0.05) is 5.56 Å². The summed E-state index contributed by atoms with van der Waals surface area (Å²) in [6.07, 6.45) is 0. The number of ether oxygens (including phenoxy) is 1. The zero-order chi connectivity index (χ0) is 10.7. The fraction of sp³-hybridized carbons (Fsp3) is 0.111. The molecule has 1 aromatic rings. The van der Waals surface area contributed by atoms with Crippen molar-refractivity contribution in [2.75, 3.05) is 7.11 Å². The Labute approximate surface area is 79.5 Å². The van der Waals surface area contributed by atoms with E-state index >= 15 is 0 Å². The number of Topliss-reactive ketones (excluding diaryl/α,β-unsaturated/α-hetero) is 1. The van der Waals surface area contributed by atoms with Crippen LogP contribution in [0.2, 0.25) is 0 Å². The maximum absolute atomic E-state index is 13.0. The van der Waals surface area contributed by atoms with Crippen LogP contribution in [0.25, 0.3) is 0 Å². The lowest BCUT2D eigenvalue weighted by Gasteiger charge is -2.02. The molecule has 1 amide bonds. The van der Waals surface area contributed by atoms with Crippen LogP contribution in [0.3, 0.4) is 0 Å². The molecule has 1 aromatic carbocycles. The number of carbonyl (C=O) groups is 2. The molecule has 0 radical (unpaired) electrons. The third-order valence-corrected chi connectivity index (χ3v) is 1.64. The molecule has 14 heavy (non-hydrogen) atoms. The molecule has 0 atom stereocenters. The van der Waals surface area contributed by atoms with Crippen molar-refractivity contribution in [3.05, 3.63) is 29.6 Å². The van der Waals surface area contributed by atoms with Gasteiger partial charge in [-0.15, -0.1) is 0 Å². The van der Waals surface area contributed by atoms with Crippen LogP contribution in [0.5, 0.6) is 5.75 Å². The van der Waals surface area contributed by atoms with Crippen LogP contribution in [0, 0.1) is 5.82 Å². The van der Waals surface area contributed by atoms with Gasteiger partial charge in [-0.1, -0.05) is 0 Å². The summed E-state index contributed by atoms with van der Waals surface area (Å²) in [5.41, 5.74) is 4.66. The van der Waals surface area contributed by atoms with Crippen molar-refractivity contribution in [1.82, 2.24) is 0 Å². The second-order valence-corrected chi connectivity index (χ2v) is 2.54. The van der Waals surface area contributed by atoms with Crippen molar-refractivity contribution >= 4 is 11.7 Å². The topological polar surface area (TPSA) is 69.4 Å². The molecule has 2 N–H and O–H groups in total. The summed E-state index contributed by atoms with van der Waals surface area (Å²) in [6, 6.07) is 3.44. The van der Waals surface area contributed by atoms with Gasteiger partial charge >= 0.3 is 0 Å². The second-order valence-electron chi connectivity index (χ2n) is 2.54. The summed E-state index contributed by atoms with van der Waals surface area (Å²) in [5, 5.41) is 0. The van der Waals surface area contributed by atoms with Crippen molar-refractivity contribution in [3.63, 3.8) is 0 Å². The van der Waals surface area contributed by atoms with E-state index < -0.39 is 17.5 Å². The molecule has 0 spiro atoms. The van der Waals surface area contributed by atoms with Crippen molar-refractivity contribution < 1.29 is 18.7 Å². The molecule has 4 nitrogen and oxygen atoms in total. The van der Waals surface area contributed by atoms with Crippen molar-refractivity contribution in [2.45, 2.75) is 0 Å². The van der Waals surface area contributed by atoms with Gasteiger partial charge < -0.3 is 10.5 Å². The zero-order valence-electron chi connectivity index (χ0n) is 7.41. The highest BCUT2D eigenvalue weighted by molar-refractivity contribution is 6.42. The van der Waals surface area contributed by atoms with Crippen LogP contribution in [0.15, 0.2) is 18.2 Å². The van der Waals surface area contributed by atoms with Gasteiger partial charge in [0.2, 0.25) is 5.78 Å². The molecule has 0 saturated carbocycles. The average Bonchev–Trinajstić information content (AvgIpc) is 2.16. The molecule has 0 saturated heterocycles. The Balaban J connectivity index is 3.09. The molecule has 0 unspecified atom stereocenters. The van der Waals surface area contributed by atoms with E-state index in [1.54, 1.807) is 0 Å². The van der Waals surface area contributed by atoms with Crippen molar-refractivity contribution in [3.8, 4) is 5.75 Å². The molecule has 0 heterocycles. The molecular formula is C9H8FNO3. The number of nitrogens with two attached hydrogens (primary N) is 1. The van der Waals surface area contributed by atoms with E-state index in [-0.39, 0.29) is 11.3 Å². The molecule has 0 bridgehead atoms. The SMILES string of the molecule is COc1ccc(C(=O)C(N)=O)cc1F. The van der Waals surface area contributed by atoms with Gasteiger partial charge in [-0.2, -0.15) is 0 Å². The number of ketones is 1. The number of amides is 1. The van der Waals surface area contributed by atoms with E-state index in [1.807, 2.05) is 0 Å². The Morgan fingerprint density at radius 2 is 2.07 bits per heavy atom. The first-order valence-electron chi connectivity index (χ1n) is 3.74. The maximum atomic E-state index is 13.0. The highest BCUT2D eigenvalue weighted by atomic mass is 19.1. The van der Waals surface area contributed by atoms with E-state index in [4.69, 9.17) is 5.73 Å². The lowest BCUT2D eigenvalue weighted by molar-refractivity contribution is -0.114. The number of benzene rings is 1. The number of hydrogen-bond acceptors (Lipinski definition) is 3. The van der Waals surface area contributed by atoms with Crippen LogP contribution < -0.4 is 10.5 Å². The number of halogens is 1. The monoisotopic (exact) mass is 197 g/mol. The van der Waals surface area contributed by atoms with Crippen molar-refractivity contribution in [1.29, 1.82) is 0 Å². The predicted molar refractivity (Wildman–Crippen MR) is 46.5 cm³/mol. The fourth-order valence-electron chi connectivity index (χ4n) is 0.950. The highest BCUT2D eigenvalue weighted by Gasteiger charge is 2.14. The van der Waals surface area contributed by atoms with Gasteiger partial charge in [-0.3, -0.25) is 9.59 Å². The van der Waals surface area contributed by atoms with Gasteiger partial charge in [-0.25, -0.2) is 4.39 Å². The molecule has 0 aliphatic carbocycles. The minimum Gasteiger partial charge on any atom is -0.494 e. The first kappa shape index (κ1) is 10.2. The summed E-state index contributed by atoms with van der Waals surface area (Å²) in [4.78, 5) is 21.5. The fourth-order valence-corrected chi connectivity index (χ4v) is 0.950. The third kappa shape index (κ3) is 1.87. The molecule has 0 aliphatic heterocycles. The van der Waals surface area contributed by atoms with Crippen LogP contribution >= 0.6 is 0 Å². The Hall–Kier alpha value is -1.91. The molecule has 1 rings (SSSR count). The number of methoxy groups -OCH3 is 1. The minimum absolute atomic E-state index is 0.00557. The van der Waals surface area contributed by atoms with E-state index in [9.17, 15) is 14.0 Å². The van der Waals surface area contributed by atoms with Crippen molar-refractivity contribution in [2.24, 2.45) is 5.73 Å². The van der Waals surface area contributed by atoms with Crippen LogP contribution in [0.1, 0.15) is 10.4 Å². The number of rotatable bonds is 3. The summed E-state index contributed by atoms with van der Waals surface area (Å²) < 4.78 is 17.7. The van der Waals surface area contributed by atoms with Crippen LogP contribution in [-0.2, 0) is 4.79 Å². The zero-order valence-corrected chi connectivity index (χ0v) is 7.41. The number of primary amides is 1. The van der Waals surface area contributed by atoms with E-state index in [1.165, 1.54) is 19.2 Å². The summed E-state index contributed by atoms with van der Waals surface area (Å²) in [5.74, 6) is -2.74. The van der Waals surface area contributed by atoms with E-state index in [0.717, 1.165) is 6.07 Å². The summed E-state index contributed by atoms with van der Waals surface area (Å²) >= 11 is 0. The number of hydrogen-bond donors (Lipinski definition) is 1. The minimum atomic E-state index is -1.12. The molecule has 74 valence electrons. The molecule has 0 aromatic heterocycles. The second kappa shape index (κ2) is 3.87. The Bertz CT molecular complexity index is 390. The predicted octanol–water partition coefficient (Wildman–Crippen LogP) is 0.502. The van der Waals surface area contributed by atoms with Gasteiger partial charge in [0.25, 0.3) is 5.91 Å². The van der Waals surface area contributed by atoms with Gasteiger partial charge in [0.05, 0.1) is 7.11 Å². The van der Waals surface area contributed by atoms with Crippen LogP contribution in [0.4, 0.5) is 4.39 Å². The third-order valence-electron chi connectivity index (χ3n) is 1.64. The Morgan fingerprint density at radius 1 is 1.43 bits per heavy atom. The summed E-state index contributed by atoms with van der Waals surface area (Å²) in [7, 11) is 1.30. The molecule has 0 aliphatic rings. The Morgan fingerprint density at radius 3 is 2.50 bits per heavy atom. The lowest BCUT2D eigenvalue weighted by Crippen LogP contribution is -2.23. The Kier molecular flexibility index (Phi) is 2.81. The molecule has 5 heteroatoms. The normalized spacial score (nSPS) is 9.57. The standard InChI is InChI=1S/C9H8FNO3/c1-14-7-3-2-5(4-6(7)10)8(12)9(11)13/h2-4H,1H3,(H2,11,13). The number of carbonyl (C=O) groups excluding carboxylic acids is 2. The molecular weight excluding hydrogens is 189 g/mol. The van der Waals surface area contributed by atoms with Gasteiger partial charge in [0.1, 0.15) is 0 Å². The maximum Gasteiger partial charge on any atom is 0.289 e. The van der Waals surface area contributed by atoms with Gasteiger partial charge in [0.15, 0.2) is 11.6 Å².